The van der Waals surface area contributed by atoms with Crippen molar-refractivity contribution in [2.45, 2.75) is 12.8 Å². The largest absolute Gasteiger partial charge is 0.481 e. The molecule has 3 nitrogen and oxygen atoms in total. The third-order valence-corrected chi connectivity index (χ3v) is 2.66. The highest BCUT2D eigenvalue weighted by molar-refractivity contribution is 5.66. The smallest absolute Gasteiger partial charge is 0.304 e. The zero-order valence-corrected chi connectivity index (χ0v) is 10.3. The fourth-order valence-electron chi connectivity index (χ4n) is 1.67. The summed E-state index contributed by atoms with van der Waals surface area (Å²) in [5.74, 6) is -1.04. The van der Waals surface area contributed by atoms with Crippen LogP contribution in [0.1, 0.15) is 12.0 Å². The molecule has 0 saturated carbocycles. The highest BCUT2D eigenvalue weighted by Gasteiger charge is 2.06. The van der Waals surface area contributed by atoms with Crippen molar-refractivity contribution in [2.24, 2.45) is 0 Å². The lowest BCUT2D eigenvalue weighted by Gasteiger charge is -2.19. The van der Waals surface area contributed by atoms with Gasteiger partial charge in [-0.05, 0) is 24.1 Å². The number of carboxylic acid groups (broad SMARTS) is 1. The Morgan fingerprint density at radius 1 is 1.33 bits per heavy atom. The van der Waals surface area contributed by atoms with Gasteiger partial charge in [-0.3, -0.25) is 9.69 Å². The third kappa shape index (κ3) is 5.59. The van der Waals surface area contributed by atoms with Gasteiger partial charge in [0.05, 0.1) is 6.42 Å². The number of carbonyl (C=O) groups is 1. The summed E-state index contributed by atoms with van der Waals surface area (Å²) in [6.07, 6.45) is 2.65. The van der Waals surface area contributed by atoms with E-state index in [9.17, 15) is 9.18 Å². The van der Waals surface area contributed by atoms with Crippen LogP contribution in [0.25, 0.3) is 0 Å². The molecule has 0 amide bonds. The Kier molecular flexibility index (Phi) is 6.08. The van der Waals surface area contributed by atoms with Crippen molar-refractivity contribution >= 4 is 5.97 Å². The molecule has 0 spiro atoms. The lowest BCUT2D eigenvalue weighted by molar-refractivity contribution is -0.137. The van der Waals surface area contributed by atoms with Gasteiger partial charge in [-0.25, -0.2) is 4.39 Å². The lowest BCUT2D eigenvalue weighted by Crippen LogP contribution is -2.28. The Morgan fingerprint density at radius 2 is 2.00 bits per heavy atom. The highest BCUT2D eigenvalue weighted by atomic mass is 19.1. The summed E-state index contributed by atoms with van der Waals surface area (Å²) in [6, 6.07) is 6.37. The van der Waals surface area contributed by atoms with Crippen molar-refractivity contribution < 1.29 is 14.3 Å². The van der Waals surface area contributed by atoms with Crippen molar-refractivity contribution in [1.29, 1.82) is 0 Å². The molecule has 98 valence electrons. The van der Waals surface area contributed by atoms with Crippen LogP contribution in [-0.2, 0) is 11.2 Å². The van der Waals surface area contributed by atoms with Gasteiger partial charge in [0.25, 0.3) is 0 Å². The first-order valence-electron chi connectivity index (χ1n) is 5.91. The zero-order chi connectivity index (χ0) is 13.4. The molecule has 0 atom stereocenters. The van der Waals surface area contributed by atoms with E-state index in [0.717, 1.165) is 18.5 Å². The molecule has 0 aliphatic heterocycles. The normalized spacial score (nSPS) is 10.6. The molecule has 0 unspecified atom stereocenters. The van der Waals surface area contributed by atoms with Gasteiger partial charge in [0.1, 0.15) is 5.82 Å². The Bertz CT molecular complexity index is 389. The van der Waals surface area contributed by atoms with Gasteiger partial charge in [0.15, 0.2) is 0 Å². The van der Waals surface area contributed by atoms with Crippen LogP contribution in [0.2, 0.25) is 0 Å². The molecule has 0 aromatic heterocycles. The highest BCUT2D eigenvalue weighted by Crippen LogP contribution is 2.05. The van der Waals surface area contributed by atoms with Crippen LogP contribution in [-0.4, -0.2) is 35.6 Å². The summed E-state index contributed by atoms with van der Waals surface area (Å²) in [4.78, 5) is 12.5. The standard InChI is InChI=1S/C14H18FNO2/c1-2-9-16(11-8-14(17)18)10-7-12-3-5-13(15)6-4-12/h2-6H,1,7-11H2,(H,17,18). The van der Waals surface area contributed by atoms with Crippen LogP contribution in [0.15, 0.2) is 36.9 Å². The minimum atomic E-state index is -0.800. The van der Waals surface area contributed by atoms with Crippen LogP contribution < -0.4 is 0 Å². The van der Waals surface area contributed by atoms with Crippen molar-refractivity contribution in [3.05, 3.63) is 48.3 Å². The Morgan fingerprint density at radius 3 is 2.56 bits per heavy atom. The average Bonchev–Trinajstić information content (AvgIpc) is 2.34. The maximum atomic E-state index is 12.7. The molecule has 0 heterocycles. The minimum absolute atomic E-state index is 0.122. The maximum Gasteiger partial charge on any atom is 0.304 e. The van der Waals surface area contributed by atoms with Gasteiger partial charge < -0.3 is 5.11 Å². The van der Waals surface area contributed by atoms with Crippen LogP contribution >= 0.6 is 0 Å². The molecule has 0 aliphatic rings. The minimum Gasteiger partial charge on any atom is -0.481 e. The van der Waals surface area contributed by atoms with E-state index in [-0.39, 0.29) is 12.2 Å². The monoisotopic (exact) mass is 251 g/mol. The van der Waals surface area contributed by atoms with Crippen molar-refractivity contribution in [1.82, 2.24) is 4.90 Å². The second-order valence-electron chi connectivity index (χ2n) is 4.11. The molecule has 0 fully saturated rings. The topological polar surface area (TPSA) is 40.5 Å². The van der Waals surface area contributed by atoms with Crippen molar-refractivity contribution in [3.8, 4) is 0 Å². The molecule has 1 aromatic carbocycles. The van der Waals surface area contributed by atoms with Crippen LogP contribution in [0, 0.1) is 5.82 Å². The van der Waals surface area contributed by atoms with E-state index in [1.807, 2.05) is 4.90 Å². The Hall–Kier alpha value is -1.68. The van der Waals surface area contributed by atoms with E-state index in [2.05, 4.69) is 6.58 Å². The fourth-order valence-corrected chi connectivity index (χ4v) is 1.67. The third-order valence-electron chi connectivity index (χ3n) is 2.66. The number of carboxylic acids is 1. The van der Waals surface area contributed by atoms with E-state index in [1.54, 1.807) is 18.2 Å². The summed E-state index contributed by atoms with van der Waals surface area (Å²) in [5.41, 5.74) is 1.04. The average molecular weight is 251 g/mol. The first-order valence-corrected chi connectivity index (χ1v) is 5.91. The molecule has 1 aromatic rings. The number of benzene rings is 1. The van der Waals surface area contributed by atoms with Crippen molar-refractivity contribution in [2.75, 3.05) is 19.6 Å². The Balaban J connectivity index is 2.43. The number of nitrogens with zero attached hydrogens (tertiary/aromatic N) is 1. The summed E-state index contributed by atoms with van der Waals surface area (Å²) >= 11 is 0. The number of hydrogen-bond acceptors (Lipinski definition) is 2. The predicted molar refractivity (Wildman–Crippen MR) is 69.0 cm³/mol. The molecule has 1 rings (SSSR count). The van der Waals surface area contributed by atoms with Crippen LogP contribution in [0.5, 0.6) is 0 Å². The van der Waals surface area contributed by atoms with Gasteiger partial charge in [0.2, 0.25) is 0 Å². The van der Waals surface area contributed by atoms with Gasteiger partial charge in [-0.2, -0.15) is 0 Å². The quantitative estimate of drug-likeness (QED) is 0.721. The SMILES string of the molecule is C=CCN(CCC(=O)O)CCc1ccc(F)cc1. The first kappa shape index (κ1) is 14.4. The van der Waals surface area contributed by atoms with E-state index >= 15 is 0 Å². The predicted octanol–water partition coefficient (Wildman–Crippen LogP) is 2.33. The van der Waals surface area contributed by atoms with Gasteiger partial charge >= 0.3 is 5.97 Å². The lowest BCUT2D eigenvalue weighted by atomic mass is 10.1. The molecule has 0 radical (unpaired) electrons. The van der Waals surface area contributed by atoms with Crippen LogP contribution in [0.3, 0.4) is 0 Å². The van der Waals surface area contributed by atoms with E-state index in [4.69, 9.17) is 5.11 Å². The van der Waals surface area contributed by atoms with E-state index in [0.29, 0.717) is 13.1 Å². The molecule has 4 heteroatoms. The number of rotatable bonds is 8. The van der Waals surface area contributed by atoms with Gasteiger partial charge in [-0.15, -0.1) is 6.58 Å². The van der Waals surface area contributed by atoms with Crippen molar-refractivity contribution in [3.63, 3.8) is 0 Å². The summed E-state index contributed by atoms with van der Waals surface area (Å²) in [7, 11) is 0. The molecule has 1 N–H and O–H groups in total. The van der Waals surface area contributed by atoms with E-state index in [1.165, 1.54) is 12.1 Å². The zero-order valence-electron chi connectivity index (χ0n) is 10.3. The maximum absolute atomic E-state index is 12.7. The summed E-state index contributed by atoms with van der Waals surface area (Å²) in [5, 5.41) is 8.65. The molecule has 0 bridgehead atoms. The van der Waals surface area contributed by atoms with E-state index < -0.39 is 5.97 Å². The second-order valence-corrected chi connectivity index (χ2v) is 4.11. The number of hydrogen-bond donors (Lipinski definition) is 1. The number of halogens is 1. The molecular weight excluding hydrogens is 233 g/mol. The summed E-state index contributed by atoms with van der Waals surface area (Å²) in [6.45, 7) is 5.56. The molecule has 18 heavy (non-hydrogen) atoms. The van der Waals surface area contributed by atoms with Gasteiger partial charge in [0, 0.05) is 19.6 Å². The summed E-state index contributed by atoms with van der Waals surface area (Å²) < 4.78 is 12.7. The first-order chi connectivity index (χ1) is 8.61. The fraction of sp³-hybridized carbons (Fsp3) is 0.357. The molecular formula is C14H18FNO2. The second kappa shape index (κ2) is 7.61. The molecule has 0 aliphatic carbocycles. The van der Waals surface area contributed by atoms with Gasteiger partial charge in [-0.1, -0.05) is 18.2 Å². The Labute approximate surface area is 107 Å². The van der Waals surface area contributed by atoms with Crippen LogP contribution in [0.4, 0.5) is 4.39 Å². The molecule has 0 saturated heterocycles. The number of aliphatic carboxylic acids is 1.